The summed E-state index contributed by atoms with van der Waals surface area (Å²) in [6.07, 6.45) is 1.53. The van der Waals surface area contributed by atoms with Crippen LogP contribution in [0.4, 0.5) is 0 Å². The van der Waals surface area contributed by atoms with Crippen LogP contribution < -0.4 is 10.5 Å². The normalized spacial score (nSPS) is 11.5. The van der Waals surface area contributed by atoms with Gasteiger partial charge in [-0.05, 0) is 19.8 Å². The average molecular weight is 290 g/mol. The molecule has 8 nitrogen and oxygen atoms in total. The minimum atomic E-state index is -3.98. The Hall–Kier alpha value is -1.45. The number of aromatic nitrogens is 2. The van der Waals surface area contributed by atoms with E-state index in [2.05, 4.69) is 15.5 Å². The Kier molecular flexibility index (Phi) is 5.45. The number of primary sulfonamides is 1. The van der Waals surface area contributed by atoms with Gasteiger partial charge >= 0.3 is 0 Å². The molecule has 0 atom stereocenters. The fourth-order valence-corrected chi connectivity index (χ4v) is 2.46. The lowest BCUT2D eigenvalue weighted by Crippen LogP contribution is -2.27. The van der Waals surface area contributed by atoms with Crippen molar-refractivity contribution in [3.05, 3.63) is 11.4 Å². The Labute approximate surface area is 111 Å². The number of unbranched alkanes of at least 4 members (excludes halogenated alkanes) is 1. The first kappa shape index (κ1) is 15.6. The van der Waals surface area contributed by atoms with E-state index in [-0.39, 0.29) is 16.3 Å². The van der Waals surface area contributed by atoms with Crippen molar-refractivity contribution in [3.8, 4) is 0 Å². The number of H-pyrrole nitrogens is 1. The number of rotatable bonds is 7. The van der Waals surface area contributed by atoms with Gasteiger partial charge in [0, 0.05) is 20.3 Å². The zero-order chi connectivity index (χ0) is 14.5. The minimum absolute atomic E-state index is 0.202. The Morgan fingerprint density at radius 1 is 1.47 bits per heavy atom. The number of carbonyl (C=O) groups is 1. The molecular weight excluding hydrogens is 272 g/mol. The maximum absolute atomic E-state index is 11.8. The van der Waals surface area contributed by atoms with E-state index in [1.54, 1.807) is 7.11 Å². The molecule has 4 N–H and O–H groups in total. The molecule has 0 saturated carbocycles. The van der Waals surface area contributed by atoms with Gasteiger partial charge in [-0.15, -0.1) is 0 Å². The summed E-state index contributed by atoms with van der Waals surface area (Å²) in [5.41, 5.74) is 0.0405. The zero-order valence-electron chi connectivity index (χ0n) is 10.9. The molecular formula is C10H18N4O4S. The molecule has 1 aromatic heterocycles. The zero-order valence-corrected chi connectivity index (χ0v) is 11.7. The van der Waals surface area contributed by atoms with E-state index in [1.165, 1.54) is 6.92 Å². The van der Waals surface area contributed by atoms with E-state index in [4.69, 9.17) is 9.88 Å². The van der Waals surface area contributed by atoms with E-state index in [0.717, 1.165) is 12.8 Å². The number of nitrogens with zero attached hydrogens (tertiary/aromatic N) is 1. The fourth-order valence-electron chi connectivity index (χ4n) is 1.58. The van der Waals surface area contributed by atoms with Gasteiger partial charge in [-0.3, -0.25) is 9.89 Å². The summed E-state index contributed by atoms with van der Waals surface area (Å²) in [5, 5.41) is 13.8. The van der Waals surface area contributed by atoms with Crippen molar-refractivity contribution in [2.75, 3.05) is 20.3 Å². The lowest BCUT2D eigenvalue weighted by molar-refractivity contribution is 0.0943. The molecule has 0 radical (unpaired) electrons. The van der Waals surface area contributed by atoms with E-state index in [0.29, 0.717) is 13.2 Å². The molecule has 1 heterocycles. The fraction of sp³-hybridized carbons (Fsp3) is 0.600. The van der Waals surface area contributed by atoms with Crippen molar-refractivity contribution >= 4 is 15.9 Å². The molecule has 19 heavy (non-hydrogen) atoms. The summed E-state index contributed by atoms with van der Waals surface area (Å²) in [5.74, 6) is -0.564. The minimum Gasteiger partial charge on any atom is -0.385 e. The second-order valence-corrected chi connectivity index (χ2v) is 5.53. The van der Waals surface area contributed by atoms with Crippen molar-refractivity contribution in [3.63, 3.8) is 0 Å². The van der Waals surface area contributed by atoms with E-state index < -0.39 is 15.9 Å². The second kappa shape index (κ2) is 6.64. The van der Waals surface area contributed by atoms with Crippen molar-refractivity contribution in [2.45, 2.75) is 24.7 Å². The van der Waals surface area contributed by atoms with Gasteiger partial charge in [0.25, 0.3) is 5.91 Å². The standard InChI is InChI=1S/C10H18N4O4S/c1-7-9(19(11,16)17)8(14-13-7)10(15)12-5-3-4-6-18-2/h3-6H2,1-2H3,(H,12,15)(H,13,14)(H2,11,16,17). The summed E-state index contributed by atoms with van der Waals surface area (Å²) < 4.78 is 27.6. The predicted molar refractivity (Wildman–Crippen MR) is 68.1 cm³/mol. The van der Waals surface area contributed by atoms with Crippen LogP contribution in [0, 0.1) is 6.92 Å². The van der Waals surface area contributed by atoms with Gasteiger partial charge in [-0.2, -0.15) is 5.10 Å². The van der Waals surface area contributed by atoms with E-state index in [9.17, 15) is 13.2 Å². The smallest absolute Gasteiger partial charge is 0.273 e. The van der Waals surface area contributed by atoms with Crippen LogP contribution in [0.15, 0.2) is 4.90 Å². The first-order chi connectivity index (χ1) is 8.88. The van der Waals surface area contributed by atoms with Crippen LogP contribution in [0.2, 0.25) is 0 Å². The second-order valence-electron chi connectivity index (χ2n) is 4.03. The van der Waals surface area contributed by atoms with Crippen LogP contribution in [-0.4, -0.2) is 44.8 Å². The molecule has 0 aliphatic rings. The molecule has 0 aliphatic carbocycles. The molecule has 0 spiro atoms. The van der Waals surface area contributed by atoms with Gasteiger partial charge in [0.2, 0.25) is 10.0 Å². The maximum Gasteiger partial charge on any atom is 0.273 e. The van der Waals surface area contributed by atoms with Crippen molar-refractivity contribution in [1.29, 1.82) is 0 Å². The van der Waals surface area contributed by atoms with Crippen LogP contribution >= 0.6 is 0 Å². The van der Waals surface area contributed by atoms with Crippen molar-refractivity contribution < 1.29 is 17.9 Å². The molecule has 0 fully saturated rings. The number of hydrogen-bond acceptors (Lipinski definition) is 5. The van der Waals surface area contributed by atoms with Crippen LogP contribution in [-0.2, 0) is 14.8 Å². The molecule has 0 aromatic carbocycles. The van der Waals surface area contributed by atoms with E-state index >= 15 is 0 Å². The summed E-state index contributed by atoms with van der Waals surface area (Å²) in [4.78, 5) is 11.6. The Bertz CT molecular complexity index is 538. The van der Waals surface area contributed by atoms with Gasteiger partial charge in [-0.25, -0.2) is 13.6 Å². The maximum atomic E-state index is 11.8. The number of aryl methyl sites for hydroxylation is 1. The highest BCUT2D eigenvalue weighted by molar-refractivity contribution is 7.89. The highest BCUT2D eigenvalue weighted by Crippen LogP contribution is 2.15. The molecule has 0 aliphatic heterocycles. The Morgan fingerprint density at radius 2 is 2.16 bits per heavy atom. The molecule has 0 unspecified atom stereocenters. The third kappa shape index (κ3) is 4.30. The number of methoxy groups -OCH3 is 1. The van der Waals surface area contributed by atoms with Gasteiger partial charge in [-0.1, -0.05) is 0 Å². The number of aromatic amines is 1. The predicted octanol–water partition coefficient (Wildman–Crippen LogP) is -0.478. The third-order valence-corrected chi connectivity index (χ3v) is 3.52. The third-order valence-electron chi connectivity index (χ3n) is 2.45. The molecule has 0 bridgehead atoms. The summed E-state index contributed by atoms with van der Waals surface area (Å²) in [7, 11) is -2.38. The van der Waals surface area contributed by atoms with Crippen LogP contribution in [0.3, 0.4) is 0 Å². The summed E-state index contributed by atoms with van der Waals surface area (Å²) >= 11 is 0. The molecule has 108 valence electrons. The highest BCUT2D eigenvalue weighted by atomic mass is 32.2. The van der Waals surface area contributed by atoms with Crippen molar-refractivity contribution in [1.82, 2.24) is 15.5 Å². The number of carbonyl (C=O) groups excluding carboxylic acids is 1. The van der Waals surface area contributed by atoms with Crippen LogP contribution in [0.5, 0.6) is 0 Å². The van der Waals surface area contributed by atoms with Crippen LogP contribution in [0.25, 0.3) is 0 Å². The number of nitrogens with one attached hydrogen (secondary N) is 2. The molecule has 0 saturated heterocycles. The number of amides is 1. The monoisotopic (exact) mass is 290 g/mol. The molecule has 1 aromatic rings. The number of nitrogens with two attached hydrogens (primary N) is 1. The largest absolute Gasteiger partial charge is 0.385 e. The summed E-state index contributed by atoms with van der Waals surface area (Å²) in [6, 6.07) is 0. The highest BCUT2D eigenvalue weighted by Gasteiger charge is 2.25. The Morgan fingerprint density at radius 3 is 2.74 bits per heavy atom. The number of sulfonamides is 1. The van der Waals surface area contributed by atoms with Gasteiger partial charge < -0.3 is 10.1 Å². The van der Waals surface area contributed by atoms with Gasteiger partial charge in [0.05, 0.1) is 5.69 Å². The summed E-state index contributed by atoms with van der Waals surface area (Å²) in [6.45, 7) is 2.51. The first-order valence-electron chi connectivity index (χ1n) is 5.72. The van der Waals surface area contributed by atoms with Gasteiger partial charge in [0.15, 0.2) is 5.69 Å². The molecule has 9 heteroatoms. The SMILES string of the molecule is COCCCCNC(=O)c1n[nH]c(C)c1S(N)(=O)=O. The van der Waals surface area contributed by atoms with Crippen LogP contribution in [0.1, 0.15) is 29.0 Å². The van der Waals surface area contributed by atoms with E-state index in [1.807, 2.05) is 0 Å². The quantitative estimate of drug-likeness (QED) is 0.584. The average Bonchev–Trinajstić information content (AvgIpc) is 2.70. The lowest BCUT2D eigenvalue weighted by Gasteiger charge is -2.04. The molecule has 1 amide bonds. The number of hydrogen-bond donors (Lipinski definition) is 3. The lowest BCUT2D eigenvalue weighted by atomic mass is 10.3. The van der Waals surface area contributed by atoms with Crippen molar-refractivity contribution in [2.24, 2.45) is 5.14 Å². The molecule has 1 rings (SSSR count). The Balaban J connectivity index is 2.68. The topological polar surface area (TPSA) is 127 Å². The first-order valence-corrected chi connectivity index (χ1v) is 7.27. The number of ether oxygens (including phenoxy) is 1. The van der Waals surface area contributed by atoms with Gasteiger partial charge in [0.1, 0.15) is 4.90 Å².